The van der Waals surface area contributed by atoms with Gasteiger partial charge in [-0.2, -0.15) is 0 Å². The third kappa shape index (κ3) is 3.36. The van der Waals surface area contributed by atoms with Crippen LogP contribution in [-0.2, 0) is 17.8 Å². The van der Waals surface area contributed by atoms with Gasteiger partial charge >= 0.3 is 0 Å². The standard InChI is InChI=1S/C21H26N4O/c1-15(16-6-4-3-5-7-16)21(26)25-11-8-17(14-25)20-22-12-18-13-24(2)10-9-19(18)23-20/h3-7,12,15,17H,8-11,13-14H2,1-2H3. The Morgan fingerprint density at radius 3 is 2.85 bits per heavy atom. The van der Waals surface area contributed by atoms with Gasteiger partial charge in [0.2, 0.25) is 5.91 Å². The first-order valence-electron chi connectivity index (χ1n) is 9.49. The number of likely N-dealkylation sites (N-methyl/N-ethyl adjacent to an activating group) is 1. The van der Waals surface area contributed by atoms with E-state index in [0.29, 0.717) is 0 Å². The number of amides is 1. The second-order valence-corrected chi connectivity index (χ2v) is 7.59. The van der Waals surface area contributed by atoms with Gasteiger partial charge in [0.25, 0.3) is 0 Å². The van der Waals surface area contributed by atoms with Crippen molar-refractivity contribution >= 4 is 5.91 Å². The fourth-order valence-corrected chi connectivity index (χ4v) is 4.00. The maximum Gasteiger partial charge on any atom is 0.229 e. The summed E-state index contributed by atoms with van der Waals surface area (Å²) >= 11 is 0. The van der Waals surface area contributed by atoms with Crippen LogP contribution in [0.2, 0.25) is 0 Å². The number of likely N-dealkylation sites (tertiary alicyclic amines) is 1. The topological polar surface area (TPSA) is 49.3 Å². The first-order chi connectivity index (χ1) is 12.6. The molecule has 3 heterocycles. The second-order valence-electron chi connectivity index (χ2n) is 7.59. The molecular weight excluding hydrogens is 324 g/mol. The van der Waals surface area contributed by atoms with Crippen LogP contribution in [0.15, 0.2) is 36.5 Å². The Bertz CT molecular complexity index is 792. The van der Waals surface area contributed by atoms with E-state index in [-0.39, 0.29) is 17.7 Å². The minimum atomic E-state index is -0.102. The summed E-state index contributed by atoms with van der Waals surface area (Å²) in [5.41, 5.74) is 3.51. The van der Waals surface area contributed by atoms with Crippen molar-refractivity contribution in [2.75, 3.05) is 26.7 Å². The van der Waals surface area contributed by atoms with Crippen molar-refractivity contribution in [3.05, 3.63) is 59.2 Å². The summed E-state index contributed by atoms with van der Waals surface area (Å²) in [6.07, 6.45) is 3.93. The van der Waals surface area contributed by atoms with E-state index in [2.05, 4.69) is 16.9 Å². The van der Waals surface area contributed by atoms with Crippen LogP contribution in [-0.4, -0.2) is 52.4 Å². The van der Waals surface area contributed by atoms with Crippen molar-refractivity contribution in [2.45, 2.75) is 38.1 Å². The van der Waals surface area contributed by atoms with E-state index in [0.717, 1.165) is 50.4 Å². The predicted molar refractivity (Wildman–Crippen MR) is 101 cm³/mol. The Labute approximate surface area is 155 Å². The normalized spacial score (nSPS) is 21.5. The molecule has 0 saturated carbocycles. The Morgan fingerprint density at radius 1 is 1.23 bits per heavy atom. The van der Waals surface area contributed by atoms with Gasteiger partial charge in [-0.15, -0.1) is 0 Å². The van der Waals surface area contributed by atoms with Gasteiger partial charge in [-0.05, 0) is 26.0 Å². The molecule has 5 nitrogen and oxygen atoms in total. The maximum atomic E-state index is 12.9. The molecule has 1 aromatic heterocycles. The molecule has 5 heteroatoms. The zero-order valence-corrected chi connectivity index (χ0v) is 15.6. The van der Waals surface area contributed by atoms with Crippen LogP contribution >= 0.6 is 0 Å². The quantitative estimate of drug-likeness (QED) is 0.854. The lowest BCUT2D eigenvalue weighted by Crippen LogP contribution is -2.32. The molecule has 0 bridgehead atoms. The zero-order valence-electron chi connectivity index (χ0n) is 15.6. The number of fused-ring (bicyclic) bond motifs is 1. The Balaban J connectivity index is 1.44. The number of aromatic nitrogens is 2. The van der Waals surface area contributed by atoms with Gasteiger partial charge in [0.05, 0.1) is 5.92 Å². The van der Waals surface area contributed by atoms with E-state index in [4.69, 9.17) is 4.98 Å². The van der Waals surface area contributed by atoms with Gasteiger partial charge in [0.1, 0.15) is 5.82 Å². The van der Waals surface area contributed by atoms with Crippen LogP contribution in [0.1, 0.15) is 47.8 Å². The third-order valence-electron chi connectivity index (χ3n) is 5.68. The van der Waals surface area contributed by atoms with Gasteiger partial charge in [-0.3, -0.25) is 4.79 Å². The molecule has 2 unspecified atom stereocenters. The second kappa shape index (κ2) is 7.16. The Kier molecular flexibility index (Phi) is 4.72. The van der Waals surface area contributed by atoms with Gasteiger partial charge in [0, 0.05) is 56.0 Å². The summed E-state index contributed by atoms with van der Waals surface area (Å²) in [6.45, 7) is 5.50. The number of carbonyl (C=O) groups is 1. The van der Waals surface area contributed by atoms with Crippen LogP contribution in [0.25, 0.3) is 0 Å². The van der Waals surface area contributed by atoms with Crippen molar-refractivity contribution in [1.82, 2.24) is 19.8 Å². The van der Waals surface area contributed by atoms with Gasteiger partial charge < -0.3 is 9.80 Å². The van der Waals surface area contributed by atoms with Gasteiger partial charge in [0.15, 0.2) is 0 Å². The maximum absolute atomic E-state index is 12.9. The molecule has 0 N–H and O–H groups in total. The smallest absolute Gasteiger partial charge is 0.229 e. The summed E-state index contributed by atoms with van der Waals surface area (Å²) in [7, 11) is 2.13. The number of rotatable bonds is 3. The van der Waals surface area contributed by atoms with E-state index in [1.54, 1.807) is 0 Å². The Hall–Kier alpha value is -2.27. The highest BCUT2D eigenvalue weighted by Crippen LogP contribution is 2.29. The molecule has 2 atom stereocenters. The summed E-state index contributed by atoms with van der Waals surface area (Å²) in [5, 5.41) is 0. The number of carbonyl (C=O) groups excluding carboxylic acids is 1. The van der Waals surface area contributed by atoms with Crippen molar-refractivity contribution in [2.24, 2.45) is 0 Å². The highest BCUT2D eigenvalue weighted by molar-refractivity contribution is 5.83. The van der Waals surface area contributed by atoms with Crippen molar-refractivity contribution in [1.29, 1.82) is 0 Å². The van der Waals surface area contributed by atoms with Crippen molar-refractivity contribution < 1.29 is 4.79 Å². The lowest BCUT2D eigenvalue weighted by molar-refractivity contribution is -0.131. The van der Waals surface area contributed by atoms with E-state index in [1.165, 1.54) is 11.3 Å². The zero-order chi connectivity index (χ0) is 18.1. The molecule has 0 aliphatic carbocycles. The van der Waals surface area contributed by atoms with Crippen LogP contribution < -0.4 is 0 Å². The molecule has 0 radical (unpaired) electrons. The van der Waals surface area contributed by atoms with Crippen LogP contribution in [0, 0.1) is 0 Å². The SMILES string of the molecule is CC(C(=O)N1CCC(c2ncc3c(n2)CCN(C)C3)C1)c1ccccc1. The summed E-state index contributed by atoms with van der Waals surface area (Å²) < 4.78 is 0. The van der Waals surface area contributed by atoms with E-state index in [9.17, 15) is 4.79 Å². The minimum absolute atomic E-state index is 0.102. The number of nitrogens with zero attached hydrogens (tertiary/aromatic N) is 4. The van der Waals surface area contributed by atoms with Crippen molar-refractivity contribution in [3.8, 4) is 0 Å². The molecule has 2 aliphatic heterocycles. The molecule has 26 heavy (non-hydrogen) atoms. The Morgan fingerprint density at radius 2 is 2.04 bits per heavy atom. The van der Waals surface area contributed by atoms with Crippen LogP contribution in [0.5, 0.6) is 0 Å². The molecule has 1 amide bonds. The molecule has 1 fully saturated rings. The highest BCUT2D eigenvalue weighted by atomic mass is 16.2. The largest absolute Gasteiger partial charge is 0.341 e. The molecule has 1 saturated heterocycles. The fraction of sp³-hybridized carbons (Fsp3) is 0.476. The fourth-order valence-electron chi connectivity index (χ4n) is 4.00. The molecular formula is C21H26N4O. The first kappa shape index (κ1) is 17.2. The number of hydrogen-bond donors (Lipinski definition) is 0. The summed E-state index contributed by atoms with van der Waals surface area (Å²) in [5.74, 6) is 1.27. The monoisotopic (exact) mass is 350 g/mol. The van der Waals surface area contributed by atoms with E-state index >= 15 is 0 Å². The molecule has 0 spiro atoms. The summed E-state index contributed by atoms with van der Waals surface area (Å²) in [6, 6.07) is 10.0. The van der Waals surface area contributed by atoms with Gasteiger partial charge in [-0.1, -0.05) is 30.3 Å². The lowest BCUT2D eigenvalue weighted by atomic mass is 10.00. The van der Waals surface area contributed by atoms with Gasteiger partial charge in [-0.25, -0.2) is 9.97 Å². The molecule has 2 aliphatic rings. The highest BCUT2D eigenvalue weighted by Gasteiger charge is 2.32. The molecule has 4 rings (SSSR count). The van der Waals surface area contributed by atoms with E-state index in [1.807, 2.05) is 48.4 Å². The molecule has 1 aromatic carbocycles. The molecule has 2 aromatic rings. The summed E-state index contributed by atoms with van der Waals surface area (Å²) in [4.78, 5) is 26.6. The predicted octanol–water partition coefficient (Wildman–Crippen LogP) is 2.58. The van der Waals surface area contributed by atoms with E-state index < -0.39 is 0 Å². The number of benzene rings is 1. The first-order valence-corrected chi connectivity index (χ1v) is 9.49. The van der Waals surface area contributed by atoms with Crippen LogP contribution in [0.3, 0.4) is 0 Å². The van der Waals surface area contributed by atoms with Crippen molar-refractivity contribution in [3.63, 3.8) is 0 Å². The average molecular weight is 350 g/mol. The average Bonchev–Trinajstić information content (AvgIpc) is 3.17. The minimum Gasteiger partial charge on any atom is -0.341 e. The number of hydrogen-bond acceptors (Lipinski definition) is 4. The third-order valence-corrected chi connectivity index (χ3v) is 5.68. The lowest BCUT2D eigenvalue weighted by Gasteiger charge is -2.24. The molecule has 136 valence electrons. The van der Waals surface area contributed by atoms with Crippen LogP contribution in [0.4, 0.5) is 0 Å².